The molecule has 162 valence electrons. The molecule has 0 saturated carbocycles. The molecule has 0 amide bonds. The van der Waals surface area contributed by atoms with Gasteiger partial charge >= 0.3 is 5.69 Å². The number of hydrogen-bond donors (Lipinski definition) is 1. The summed E-state index contributed by atoms with van der Waals surface area (Å²) in [4.78, 5) is 15.4. The molecule has 9 nitrogen and oxygen atoms in total. The van der Waals surface area contributed by atoms with Gasteiger partial charge in [-0.25, -0.2) is 4.98 Å². The van der Waals surface area contributed by atoms with Crippen molar-refractivity contribution in [3.63, 3.8) is 0 Å². The zero-order valence-electron chi connectivity index (χ0n) is 17.3. The monoisotopic (exact) mass is 442 g/mol. The van der Waals surface area contributed by atoms with Gasteiger partial charge in [-0.15, -0.1) is 11.3 Å². The summed E-state index contributed by atoms with van der Waals surface area (Å²) in [5, 5.41) is 18.0. The molecule has 0 radical (unpaired) electrons. The zero-order chi connectivity index (χ0) is 22.2. The Balaban J connectivity index is 1.83. The molecular weight excluding hydrogens is 420 g/mol. The molecule has 1 aromatic heterocycles. The average Bonchev–Trinajstić information content (AvgIpc) is 3.24. The Labute approximate surface area is 183 Å². The lowest BCUT2D eigenvalue weighted by Crippen LogP contribution is -2.03. The fourth-order valence-corrected chi connectivity index (χ4v) is 3.48. The van der Waals surface area contributed by atoms with Crippen molar-refractivity contribution in [1.29, 1.82) is 0 Å². The van der Waals surface area contributed by atoms with E-state index in [-0.39, 0.29) is 11.4 Å². The van der Waals surface area contributed by atoms with E-state index in [0.29, 0.717) is 29.7 Å². The third-order valence-electron chi connectivity index (χ3n) is 4.14. The molecule has 3 aromatic rings. The van der Waals surface area contributed by atoms with Gasteiger partial charge in [-0.1, -0.05) is 12.1 Å². The van der Waals surface area contributed by atoms with E-state index in [2.05, 4.69) is 15.5 Å². The third-order valence-corrected chi connectivity index (χ3v) is 4.89. The standard InChI is InChI=1S/C21H22N4O5S/c1-4-29-19-11-20(30-5-2)17(25(26)27)10-14(19)12-22-24-21-23-16(13-31-21)15-8-6-7-9-18(15)28-3/h6-13H,4-5H2,1-3H3,(H,23,24)/b22-12-. The second-order valence-electron chi connectivity index (χ2n) is 6.09. The number of methoxy groups -OCH3 is 1. The van der Waals surface area contributed by atoms with Crippen molar-refractivity contribution in [3.05, 3.63) is 57.5 Å². The molecule has 0 fully saturated rings. The number of nitro groups is 1. The van der Waals surface area contributed by atoms with E-state index >= 15 is 0 Å². The van der Waals surface area contributed by atoms with Gasteiger partial charge in [0.05, 0.1) is 37.2 Å². The predicted octanol–water partition coefficient (Wildman–Crippen LogP) is 4.97. The molecule has 0 atom stereocenters. The molecule has 1 N–H and O–H groups in total. The Kier molecular flexibility index (Phi) is 7.39. The molecule has 10 heteroatoms. The van der Waals surface area contributed by atoms with Crippen molar-refractivity contribution in [2.45, 2.75) is 13.8 Å². The second kappa shape index (κ2) is 10.4. The third kappa shape index (κ3) is 5.28. The highest BCUT2D eigenvalue weighted by Gasteiger charge is 2.19. The van der Waals surface area contributed by atoms with Crippen LogP contribution in [0.25, 0.3) is 11.3 Å². The van der Waals surface area contributed by atoms with Gasteiger partial charge in [-0.05, 0) is 26.0 Å². The fraction of sp³-hybridized carbons (Fsp3) is 0.238. The van der Waals surface area contributed by atoms with E-state index in [1.165, 1.54) is 29.7 Å². The van der Waals surface area contributed by atoms with Crippen molar-refractivity contribution < 1.29 is 19.1 Å². The van der Waals surface area contributed by atoms with Gasteiger partial charge in [0.25, 0.3) is 0 Å². The number of nitrogens with one attached hydrogen (secondary N) is 1. The second-order valence-corrected chi connectivity index (χ2v) is 6.95. The van der Waals surface area contributed by atoms with E-state index in [0.717, 1.165) is 17.0 Å². The zero-order valence-corrected chi connectivity index (χ0v) is 18.1. The molecule has 0 aliphatic rings. The van der Waals surface area contributed by atoms with E-state index in [1.807, 2.05) is 36.6 Å². The van der Waals surface area contributed by atoms with Crippen LogP contribution >= 0.6 is 11.3 Å². The van der Waals surface area contributed by atoms with Crippen LogP contribution in [0.5, 0.6) is 17.2 Å². The predicted molar refractivity (Wildman–Crippen MR) is 121 cm³/mol. The number of nitro benzene ring substituents is 1. The Morgan fingerprint density at radius 2 is 1.90 bits per heavy atom. The summed E-state index contributed by atoms with van der Waals surface area (Å²) in [6, 6.07) is 10.5. The minimum Gasteiger partial charge on any atom is -0.496 e. The Morgan fingerprint density at radius 3 is 2.61 bits per heavy atom. The van der Waals surface area contributed by atoms with Crippen molar-refractivity contribution in [2.24, 2.45) is 5.10 Å². The Bertz CT molecular complexity index is 1080. The molecule has 0 unspecified atom stereocenters. The highest BCUT2D eigenvalue weighted by atomic mass is 32.1. The number of nitrogens with zero attached hydrogens (tertiary/aromatic N) is 3. The SMILES string of the molecule is CCOc1cc(OCC)c([N+](=O)[O-])cc1/C=N\Nc1nc(-c2ccccc2OC)cs1. The van der Waals surface area contributed by atoms with Crippen molar-refractivity contribution in [2.75, 3.05) is 25.7 Å². The Hall–Kier alpha value is -3.66. The first-order valence-corrected chi connectivity index (χ1v) is 10.4. The number of thiazole rings is 1. The number of benzene rings is 2. The quantitative estimate of drug-likeness (QED) is 0.268. The van der Waals surface area contributed by atoms with Crippen LogP contribution in [-0.4, -0.2) is 36.4 Å². The first-order valence-electron chi connectivity index (χ1n) is 9.53. The molecule has 1 heterocycles. The summed E-state index contributed by atoms with van der Waals surface area (Å²) in [6.07, 6.45) is 1.46. The highest BCUT2D eigenvalue weighted by molar-refractivity contribution is 7.14. The summed E-state index contributed by atoms with van der Waals surface area (Å²) in [6.45, 7) is 4.29. The molecule has 31 heavy (non-hydrogen) atoms. The smallest absolute Gasteiger partial charge is 0.311 e. The maximum absolute atomic E-state index is 11.4. The minimum absolute atomic E-state index is 0.153. The molecule has 0 spiro atoms. The van der Waals surface area contributed by atoms with Crippen LogP contribution in [0.4, 0.5) is 10.8 Å². The summed E-state index contributed by atoms with van der Waals surface area (Å²) >= 11 is 1.38. The number of para-hydroxylation sites is 1. The van der Waals surface area contributed by atoms with E-state index < -0.39 is 4.92 Å². The van der Waals surface area contributed by atoms with Gasteiger partial charge in [0, 0.05) is 28.6 Å². The van der Waals surface area contributed by atoms with Gasteiger partial charge in [-0.3, -0.25) is 15.5 Å². The number of ether oxygens (including phenoxy) is 3. The normalized spacial score (nSPS) is 10.8. The number of hydrogen-bond acceptors (Lipinski definition) is 9. The van der Waals surface area contributed by atoms with Gasteiger partial charge in [-0.2, -0.15) is 5.10 Å². The summed E-state index contributed by atoms with van der Waals surface area (Å²) in [5.41, 5.74) is 4.79. The number of anilines is 1. The molecule has 3 rings (SSSR count). The van der Waals surface area contributed by atoms with Crippen molar-refractivity contribution in [1.82, 2.24) is 4.98 Å². The lowest BCUT2D eigenvalue weighted by Gasteiger charge is -2.10. The minimum atomic E-state index is -0.494. The van der Waals surface area contributed by atoms with E-state index in [1.54, 1.807) is 14.0 Å². The number of hydrazone groups is 1. The van der Waals surface area contributed by atoms with Crippen LogP contribution in [0, 0.1) is 10.1 Å². The van der Waals surface area contributed by atoms with Crippen LogP contribution in [0.2, 0.25) is 0 Å². The van der Waals surface area contributed by atoms with Crippen LogP contribution in [0.3, 0.4) is 0 Å². The van der Waals surface area contributed by atoms with Crippen LogP contribution in [0.15, 0.2) is 46.9 Å². The van der Waals surface area contributed by atoms with Crippen LogP contribution in [0.1, 0.15) is 19.4 Å². The first kappa shape index (κ1) is 22.0. The lowest BCUT2D eigenvalue weighted by molar-refractivity contribution is -0.385. The van der Waals surface area contributed by atoms with Gasteiger partial charge < -0.3 is 14.2 Å². The molecule has 0 aliphatic heterocycles. The molecule has 0 bridgehead atoms. The summed E-state index contributed by atoms with van der Waals surface area (Å²) < 4.78 is 16.4. The van der Waals surface area contributed by atoms with E-state index in [9.17, 15) is 10.1 Å². The molecule has 0 aliphatic carbocycles. The number of aromatic nitrogens is 1. The Morgan fingerprint density at radius 1 is 1.16 bits per heavy atom. The molecular formula is C21H22N4O5S. The van der Waals surface area contributed by atoms with Crippen molar-refractivity contribution >= 4 is 28.4 Å². The van der Waals surface area contributed by atoms with Gasteiger partial charge in [0.15, 0.2) is 0 Å². The lowest BCUT2D eigenvalue weighted by atomic mass is 10.1. The summed E-state index contributed by atoms with van der Waals surface area (Å²) in [5.74, 6) is 1.32. The topological polar surface area (TPSA) is 108 Å². The van der Waals surface area contributed by atoms with Gasteiger partial charge in [0.1, 0.15) is 11.5 Å². The maximum Gasteiger partial charge on any atom is 0.311 e. The maximum atomic E-state index is 11.4. The van der Waals surface area contributed by atoms with Crippen LogP contribution < -0.4 is 19.6 Å². The van der Waals surface area contributed by atoms with Crippen molar-refractivity contribution in [3.8, 4) is 28.5 Å². The fourth-order valence-electron chi connectivity index (χ4n) is 2.82. The number of rotatable bonds is 10. The molecule has 2 aromatic carbocycles. The van der Waals surface area contributed by atoms with Crippen LogP contribution in [-0.2, 0) is 0 Å². The largest absolute Gasteiger partial charge is 0.496 e. The molecule has 0 saturated heterocycles. The first-order chi connectivity index (χ1) is 15.1. The van der Waals surface area contributed by atoms with E-state index in [4.69, 9.17) is 14.2 Å². The highest BCUT2D eigenvalue weighted by Crippen LogP contribution is 2.35. The van der Waals surface area contributed by atoms with Gasteiger partial charge in [0.2, 0.25) is 10.9 Å². The average molecular weight is 442 g/mol. The summed E-state index contributed by atoms with van der Waals surface area (Å²) in [7, 11) is 1.61.